The lowest BCUT2D eigenvalue weighted by Crippen LogP contribution is -2.40. The van der Waals surface area contributed by atoms with Gasteiger partial charge in [0, 0.05) is 0 Å². The van der Waals surface area contributed by atoms with E-state index in [0.29, 0.717) is 5.41 Å². The molecule has 3 rings (SSSR count). The summed E-state index contributed by atoms with van der Waals surface area (Å²) in [5.74, 6) is 0. The van der Waals surface area contributed by atoms with Crippen molar-refractivity contribution in [2.45, 2.75) is 64.7 Å². The van der Waals surface area contributed by atoms with E-state index in [-0.39, 0.29) is 5.41 Å². The number of aryl methyl sites for hydroxylation is 2. The number of hydrogen-bond acceptors (Lipinski definition) is 0. The van der Waals surface area contributed by atoms with Crippen molar-refractivity contribution in [3.8, 4) is 0 Å². The molecule has 0 saturated heterocycles. The average molecular weight is 306 g/mol. The Morgan fingerprint density at radius 2 is 1.52 bits per heavy atom. The molecular weight excluding hydrogens is 276 g/mol. The summed E-state index contributed by atoms with van der Waals surface area (Å²) >= 11 is 0. The molecular formula is C23H30. The van der Waals surface area contributed by atoms with Gasteiger partial charge >= 0.3 is 0 Å². The van der Waals surface area contributed by atoms with Gasteiger partial charge < -0.3 is 0 Å². The monoisotopic (exact) mass is 306 g/mol. The Hall–Kier alpha value is -1.56. The Kier molecular flexibility index (Phi) is 4.62. The first kappa shape index (κ1) is 16.3. The average Bonchev–Trinajstić information content (AvgIpc) is 3.03. The maximum Gasteiger partial charge on any atom is -0.00184 e. The van der Waals surface area contributed by atoms with Crippen molar-refractivity contribution in [2.75, 3.05) is 0 Å². The molecule has 0 heteroatoms. The van der Waals surface area contributed by atoms with Crippen LogP contribution < -0.4 is 0 Å². The van der Waals surface area contributed by atoms with Crippen LogP contribution in [0.1, 0.15) is 62.6 Å². The Labute approximate surface area is 141 Å². The molecule has 0 spiro atoms. The number of rotatable bonds is 5. The molecule has 0 nitrogen and oxygen atoms in total. The van der Waals surface area contributed by atoms with Gasteiger partial charge in [0.2, 0.25) is 0 Å². The van der Waals surface area contributed by atoms with Crippen LogP contribution in [-0.4, -0.2) is 0 Å². The van der Waals surface area contributed by atoms with Crippen LogP contribution in [-0.2, 0) is 11.8 Å². The topological polar surface area (TPSA) is 0 Å². The van der Waals surface area contributed by atoms with Gasteiger partial charge in [0.05, 0.1) is 0 Å². The van der Waals surface area contributed by atoms with E-state index in [1.807, 2.05) is 0 Å². The van der Waals surface area contributed by atoms with Crippen LogP contribution in [0.5, 0.6) is 0 Å². The third-order valence-corrected chi connectivity index (χ3v) is 6.61. The minimum atomic E-state index is 0.257. The Bertz CT molecular complexity index is 634. The standard InChI is InChI=1S/C23H30/c1-19-11-7-8-12-20(19)15-18-23(3,21-13-5-4-6-14-21)22(2)16-9-10-17-22/h4-8,11-14H,9-10,15-18H2,1-3H3/t23-/m1/s1. The summed E-state index contributed by atoms with van der Waals surface area (Å²) in [6.07, 6.45) is 7.93. The van der Waals surface area contributed by atoms with E-state index in [1.54, 1.807) is 0 Å². The minimum absolute atomic E-state index is 0.257. The second-order valence-corrected chi connectivity index (χ2v) is 7.89. The zero-order valence-corrected chi connectivity index (χ0v) is 14.9. The summed E-state index contributed by atoms with van der Waals surface area (Å²) in [6, 6.07) is 20.1. The van der Waals surface area contributed by atoms with Crippen molar-refractivity contribution < 1.29 is 0 Å². The lowest BCUT2D eigenvalue weighted by molar-refractivity contribution is 0.148. The Morgan fingerprint density at radius 3 is 2.17 bits per heavy atom. The number of hydrogen-bond donors (Lipinski definition) is 0. The fourth-order valence-electron chi connectivity index (χ4n) is 4.58. The summed E-state index contributed by atoms with van der Waals surface area (Å²) in [6.45, 7) is 7.29. The lowest BCUT2D eigenvalue weighted by Gasteiger charge is -2.45. The molecule has 2 aromatic rings. The zero-order chi connectivity index (χ0) is 16.3. The SMILES string of the molecule is Cc1ccccc1CC[C@](C)(c1ccccc1)C1(C)CCCC1. The molecule has 23 heavy (non-hydrogen) atoms. The minimum Gasteiger partial charge on any atom is -0.0622 e. The van der Waals surface area contributed by atoms with Crippen LogP contribution >= 0.6 is 0 Å². The smallest absolute Gasteiger partial charge is 0.00184 e. The maximum atomic E-state index is 2.53. The third kappa shape index (κ3) is 3.09. The van der Waals surface area contributed by atoms with Crippen molar-refractivity contribution in [2.24, 2.45) is 5.41 Å². The molecule has 0 amide bonds. The molecule has 0 radical (unpaired) electrons. The normalized spacial score (nSPS) is 19.4. The molecule has 0 N–H and O–H groups in total. The summed E-state index contributed by atoms with van der Waals surface area (Å²) in [4.78, 5) is 0. The highest BCUT2D eigenvalue weighted by Crippen LogP contribution is 2.54. The molecule has 0 heterocycles. The van der Waals surface area contributed by atoms with Gasteiger partial charge in [0.1, 0.15) is 0 Å². The predicted molar refractivity (Wildman–Crippen MR) is 99.9 cm³/mol. The van der Waals surface area contributed by atoms with E-state index < -0.39 is 0 Å². The van der Waals surface area contributed by atoms with Gasteiger partial charge in [0.25, 0.3) is 0 Å². The van der Waals surface area contributed by atoms with Gasteiger partial charge in [-0.1, -0.05) is 81.3 Å². The van der Waals surface area contributed by atoms with Gasteiger partial charge in [-0.25, -0.2) is 0 Å². The van der Waals surface area contributed by atoms with Gasteiger partial charge in [-0.2, -0.15) is 0 Å². The van der Waals surface area contributed by atoms with Crippen LogP contribution in [0.3, 0.4) is 0 Å². The highest BCUT2D eigenvalue weighted by Gasteiger charge is 2.46. The Balaban J connectivity index is 1.91. The van der Waals surface area contributed by atoms with Crippen LogP contribution in [0.4, 0.5) is 0 Å². The molecule has 1 saturated carbocycles. The first-order valence-corrected chi connectivity index (χ1v) is 9.15. The van der Waals surface area contributed by atoms with Crippen molar-refractivity contribution in [1.29, 1.82) is 0 Å². The van der Waals surface area contributed by atoms with Crippen LogP contribution in [0.25, 0.3) is 0 Å². The van der Waals surface area contributed by atoms with Crippen molar-refractivity contribution in [1.82, 2.24) is 0 Å². The molecule has 122 valence electrons. The van der Waals surface area contributed by atoms with E-state index >= 15 is 0 Å². The molecule has 1 aliphatic carbocycles. The van der Waals surface area contributed by atoms with E-state index in [9.17, 15) is 0 Å². The molecule has 2 aromatic carbocycles. The molecule has 0 aromatic heterocycles. The van der Waals surface area contributed by atoms with E-state index in [2.05, 4.69) is 75.4 Å². The highest BCUT2D eigenvalue weighted by atomic mass is 14.5. The van der Waals surface area contributed by atoms with Gasteiger partial charge in [-0.3, -0.25) is 0 Å². The molecule has 1 fully saturated rings. The maximum absolute atomic E-state index is 2.53. The molecule has 1 aliphatic rings. The van der Waals surface area contributed by atoms with E-state index in [0.717, 1.165) is 0 Å². The summed E-state index contributed by atoms with van der Waals surface area (Å²) < 4.78 is 0. The zero-order valence-electron chi connectivity index (χ0n) is 14.9. The summed E-state index contributed by atoms with van der Waals surface area (Å²) in [5, 5.41) is 0. The number of benzene rings is 2. The molecule has 1 atom stereocenters. The van der Waals surface area contributed by atoms with Crippen molar-refractivity contribution in [3.63, 3.8) is 0 Å². The van der Waals surface area contributed by atoms with Crippen LogP contribution in [0, 0.1) is 12.3 Å². The largest absolute Gasteiger partial charge is 0.0622 e. The van der Waals surface area contributed by atoms with Gasteiger partial charge in [-0.15, -0.1) is 0 Å². The first-order chi connectivity index (χ1) is 11.1. The highest BCUT2D eigenvalue weighted by molar-refractivity contribution is 5.31. The predicted octanol–water partition coefficient (Wildman–Crippen LogP) is 6.47. The van der Waals surface area contributed by atoms with Crippen LogP contribution in [0.2, 0.25) is 0 Å². The second kappa shape index (κ2) is 6.51. The van der Waals surface area contributed by atoms with Crippen molar-refractivity contribution in [3.05, 3.63) is 71.3 Å². The quantitative estimate of drug-likeness (QED) is 0.594. The molecule has 0 unspecified atom stereocenters. The van der Waals surface area contributed by atoms with Crippen molar-refractivity contribution >= 4 is 0 Å². The fourth-order valence-corrected chi connectivity index (χ4v) is 4.58. The third-order valence-electron chi connectivity index (χ3n) is 6.61. The van der Waals surface area contributed by atoms with Gasteiger partial charge in [0.15, 0.2) is 0 Å². The van der Waals surface area contributed by atoms with E-state index in [4.69, 9.17) is 0 Å². The molecule has 0 bridgehead atoms. The summed E-state index contributed by atoms with van der Waals surface area (Å²) in [7, 11) is 0. The lowest BCUT2D eigenvalue weighted by atomic mass is 9.58. The Morgan fingerprint density at radius 1 is 0.913 bits per heavy atom. The first-order valence-electron chi connectivity index (χ1n) is 9.15. The van der Waals surface area contributed by atoms with Crippen LogP contribution in [0.15, 0.2) is 54.6 Å². The fraction of sp³-hybridized carbons (Fsp3) is 0.478. The van der Waals surface area contributed by atoms with E-state index in [1.165, 1.54) is 55.2 Å². The molecule has 0 aliphatic heterocycles. The summed E-state index contributed by atoms with van der Waals surface area (Å²) in [5.41, 5.74) is 5.15. The second-order valence-electron chi connectivity index (χ2n) is 7.89. The van der Waals surface area contributed by atoms with Gasteiger partial charge in [-0.05, 0) is 60.1 Å².